The Labute approximate surface area is 107 Å². The molecule has 0 aromatic carbocycles. The standard InChI is InChI=1S/C11H19N3O3S/c15-18(16,11-8-12-13-9-11)14-6-7-17-10-4-2-1-3-5-10/h8-10,14H,1-7H2,(H,12,13). The lowest BCUT2D eigenvalue weighted by Gasteiger charge is -2.21. The number of nitrogens with one attached hydrogen (secondary N) is 2. The lowest BCUT2D eigenvalue weighted by Crippen LogP contribution is -2.29. The fourth-order valence-electron chi connectivity index (χ4n) is 2.10. The summed E-state index contributed by atoms with van der Waals surface area (Å²) >= 11 is 0. The fourth-order valence-corrected chi connectivity index (χ4v) is 3.02. The third-order valence-corrected chi connectivity index (χ3v) is 4.51. The van der Waals surface area contributed by atoms with Crippen molar-refractivity contribution in [2.24, 2.45) is 0 Å². The molecule has 0 amide bonds. The smallest absolute Gasteiger partial charge is 0.243 e. The van der Waals surface area contributed by atoms with Gasteiger partial charge in [0.1, 0.15) is 4.90 Å². The van der Waals surface area contributed by atoms with E-state index in [4.69, 9.17) is 4.74 Å². The second-order valence-electron chi connectivity index (χ2n) is 4.46. The monoisotopic (exact) mass is 273 g/mol. The van der Waals surface area contributed by atoms with Crippen molar-refractivity contribution in [3.63, 3.8) is 0 Å². The Balaban J connectivity index is 1.69. The van der Waals surface area contributed by atoms with Crippen LogP contribution in [0.3, 0.4) is 0 Å². The molecule has 0 unspecified atom stereocenters. The third-order valence-electron chi connectivity index (χ3n) is 3.08. The summed E-state index contributed by atoms with van der Waals surface area (Å²) in [6.07, 6.45) is 8.83. The molecular formula is C11H19N3O3S. The summed E-state index contributed by atoms with van der Waals surface area (Å²) in [5.41, 5.74) is 0. The van der Waals surface area contributed by atoms with Crippen molar-refractivity contribution < 1.29 is 13.2 Å². The van der Waals surface area contributed by atoms with E-state index in [1.165, 1.54) is 31.7 Å². The van der Waals surface area contributed by atoms with Gasteiger partial charge in [0.25, 0.3) is 0 Å². The number of H-pyrrole nitrogens is 1. The molecular weight excluding hydrogens is 254 g/mol. The number of sulfonamides is 1. The third kappa shape index (κ3) is 3.79. The predicted molar refractivity (Wildman–Crippen MR) is 66.6 cm³/mol. The zero-order valence-corrected chi connectivity index (χ0v) is 11.1. The lowest BCUT2D eigenvalue weighted by atomic mass is 9.98. The molecule has 2 rings (SSSR count). The van der Waals surface area contributed by atoms with Crippen LogP contribution >= 0.6 is 0 Å². The summed E-state index contributed by atoms with van der Waals surface area (Å²) in [6, 6.07) is 0. The molecule has 6 nitrogen and oxygen atoms in total. The van der Waals surface area contributed by atoms with Crippen LogP contribution in [0.2, 0.25) is 0 Å². The molecule has 1 aromatic heterocycles. The first-order valence-electron chi connectivity index (χ1n) is 6.28. The maximum atomic E-state index is 11.7. The number of aromatic nitrogens is 2. The molecule has 1 aliphatic rings. The summed E-state index contributed by atoms with van der Waals surface area (Å²) in [7, 11) is -3.44. The molecule has 7 heteroatoms. The van der Waals surface area contributed by atoms with E-state index in [0.29, 0.717) is 19.3 Å². The van der Waals surface area contributed by atoms with E-state index >= 15 is 0 Å². The average molecular weight is 273 g/mol. The van der Waals surface area contributed by atoms with Crippen molar-refractivity contribution in [3.8, 4) is 0 Å². The highest BCUT2D eigenvalue weighted by Gasteiger charge is 2.16. The molecule has 18 heavy (non-hydrogen) atoms. The molecule has 1 aromatic rings. The van der Waals surface area contributed by atoms with E-state index < -0.39 is 10.0 Å². The van der Waals surface area contributed by atoms with Crippen LogP contribution in [-0.4, -0.2) is 37.9 Å². The van der Waals surface area contributed by atoms with Gasteiger partial charge in [-0.25, -0.2) is 13.1 Å². The van der Waals surface area contributed by atoms with Crippen LogP contribution in [0.15, 0.2) is 17.3 Å². The first kappa shape index (κ1) is 13.5. The summed E-state index contributed by atoms with van der Waals surface area (Å²) in [6.45, 7) is 0.714. The topological polar surface area (TPSA) is 84.1 Å². The number of hydrogen-bond acceptors (Lipinski definition) is 4. The van der Waals surface area contributed by atoms with Crippen LogP contribution in [-0.2, 0) is 14.8 Å². The van der Waals surface area contributed by atoms with Gasteiger partial charge in [0.15, 0.2) is 0 Å². The van der Waals surface area contributed by atoms with Crippen LogP contribution in [0.1, 0.15) is 32.1 Å². The summed E-state index contributed by atoms with van der Waals surface area (Å²) < 4.78 is 31.6. The van der Waals surface area contributed by atoms with Crippen LogP contribution in [0.25, 0.3) is 0 Å². The van der Waals surface area contributed by atoms with Crippen molar-refractivity contribution in [2.75, 3.05) is 13.2 Å². The average Bonchev–Trinajstić information content (AvgIpc) is 2.91. The Morgan fingerprint density at radius 3 is 2.83 bits per heavy atom. The Bertz CT molecular complexity index is 438. The van der Waals surface area contributed by atoms with Gasteiger partial charge in [0.05, 0.1) is 18.9 Å². The Morgan fingerprint density at radius 1 is 1.39 bits per heavy atom. The van der Waals surface area contributed by atoms with Crippen LogP contribution in [0.4, 0.5) is 0 Å². The van der Waals surface area contributed by atoms with Gasteiger partial charge in [0, 0.05) is 12.7 Å². The van der Waals surface area contributed by atoms with Gasteiger partial charge < -0.3 is 4.74 Å². The number of nitrogens with zero attached hydrogens (tertiary/aromatic N) is 1. The molecule has 1 saturated carbocycles. The zero-order valence-electron chi connectivity index (χ0n) is 10.3. The van der Waals surface area contributed by atoms with Crippen LogP contribution < -0.4 is 4.72 Å². The summed E-state index contributed by atoms with van der Waals surface area (Å²) in [5, 5.41) is 6.09. The summed E-state index contributed by atoms with van der Waals surface area (Å²) in [5.74, 6) is 0. The van der Waals surface area contributed by atoms with Gasteiger partial charge in [-0.05, 0) is 12.8 Å². The Kier molecular flexibility index (Phi) is 4.73. The highest BCUT2D eigenvalue weighted by molar-refractivity contribution is 7.89. The van der Waals surface area contributed by atoms with Crippen molar-refractivity contribution in [1.29, 1.82) is 0 Å². The quantitative estimate of drug-likeness (QED) is 0.758. The van der Waals surface area contributed by atoms with Gasteiger partial charge in [-0.15, -0.1) is 0 Å². The van der Waals surface area contributed by atoms with E-state index in [-0.39, 0.29) is 4.90 Å². The maximum Gasteiger partial charge on any atom is 0.243 e. The van der Waals surface area contributed by atoms with Crippen molar-refractivity contribution in [3.05, 3.63) is 12.4 Å². The SMILES string of the molecule is O=S(=O)(NCCOC1CCCCC1)c1cn[nH]c1. The number of rotatable bonds is 6. The largest absolute Gasteiger partial charge is 0.377 e. The number of aromatic amines is 1. The lowest BCUT2D eigenvalue weighted by molar-refractivity contribution is 0.0321. The van der Waals surface area contributed by atoms with E-state index in [2.05, 4.69) is 14.9 Å². The number of hydrogen-bond donors (Lipinski definition) is 2. The van der Waals surface area contributed by atoms with Gasteiger partial charge >= 0.3 is 0 Å². The van der Waals surface area contributed by atoms with Crippen molar-refractivity contribution in [1.82, 2.24) is 14.9 Å². The molecule has 1 aliphatic carbocycles. The zero-order chi connectivity index (χ0) is 12.8. The molecule has 2 N–H and O–H groups in total. The Hall–Kier alpha value is -0.920. The van der Waals surface area contributed by atoms with Crippen LogP contribution in [0.5, 0.6) is 0 Å². The molecule has 0 saturated heterocycles. The van der Waals surface area contributed by atoms with Crippen molar-refractivity contribution in [2.45, 2.75) is 43.1 Å². The number of ether oxygens (including phenoxy) is 1. The highest BCUT2D eigenvalue weighted by Crippen LogP contribution is 2.19. The van der Waals surface area contributed by atoms with Gasteiger partial charge in [-0.3, -0.25) is 5.10 Å². The fraction of sp³-hybridized carbons (Fsp3) is 0.727. The molecule has 0 spiro atoms. The van der Waals surface area contributed by atoms with E-state index in [1.54, 1.807) is 0 Å². The highest BCUT2D eigenvalue weighted by atomic mass is 32.2. The minimum absolute atomic E-state index is 0.153. The molecule has 0 bridgehead atoms. The second kappa shape index (κ2) is 6.31. The van der Waals surface area contributed by atoms with Crippen LogP contribution in [0, 0.1) is 0 Å². The molecule has 0 aliphatic heterocycles. The van der Waals surface area contributed by atoms with E-state index in [0.717, 1.165) is 12.8 Å². The molecule has 0 atom stereocenters. The van der Waals surface area contributed by atoms with E-state index in [9.17, 15) is 8.42 Å². The first-order valence-corrected chi connectivity index (χ1v) is 7.77. The van der Waals surface area contributed by atoms with Gasteiger partial charge in [-0.2, -0.15) is 5.10 Å². The van der Waals surface area contributed by atoms with Gasteiger partial charge in [0.2, 0.25) is 10.0 Å². The molecule has 0 radical (unpaired) electrons. The Morgan fingerprint density at radius 2 is 2.17 bits per heavy atom. The first-order chi connectivity index (χ1) is 8.68. The maximum absolute atomic E-state index is 11.7. The van der Waals surface area contributed by atoms with Crippen molar-refractivity contribution >= 4 is 10.0 Å². The minimum Gasteiger partial charge on any atom is -0.377 e. The van der Waals surface area contributed by atoms with Gasteiger partial charge in [-0.1, -0.05) is 19.3 Å². The predicted octanol–water partition coefficient (Wildman–Crippen LogP) is 1.04. The minimum atomic E-state index is -3.44. The summed E-state index contributed by atoms with van der Waals surface area (Å²) in [4.78, 5) is 0.153. The molecule has 1 heterocycles. The van der Waals surface area contributed by atoms with E-state index in [1.807, 2.05) is 0 Å². The molecule has 102 valence electrons. The molecule has 1 fully saturated rings. The second-order valence-corrected chi connectivity index (χ2v) is 6.23. The normalized spacial score (nSPS) is 18.0.